The lowest BCUT2D eigenvalue weighted by molar-refractivity contribution is 0.0500. The number of nitrogens with one attached hydrogen (secondary N) is 1. The van der Waals surface area contributed by atoms with Gasteiger partial charge in [0, 0.05) is 19.1 Å². The van der Waals surface area contributed by atoms with E-state index in [0.717, 1.165) is 30.8 Å². The van der Waals surface area contributed by atoms with Crippen LogP contribution in [0.4, 0.5) is 10.6 Å². The number of anilines is 1. The SMILES string of the molecule is COc1nc(C)nc(N2CCCC(NC(=O)OC(C)(C)C)C2)c1C. The summed E-state index contributed by atoms with van der Waals surface area (Å²) in [6, 6.07) is 0.0364. The van der Waals surface area contributed by atoms with Gasteiger partial charge in [-0.25, -0.2) is 9.78 Å². The van der Waals surface area contributed by atoms with Gasteiger partial charge in [0.2, 0.25) is 5.88 Å². The number of rotatable bonds is 3. The van der Waals surface area contributed by atoms with E-state index in [9.17, 15) is 4.79 Å². The number of carbonyl (C=O) groups is 1. The van der Waals surface area contributed by atoms with Crippen molar-refractivity contribution in [3.05, 3.63) is 11.4 Å². The summed E-state index contributed by atoms with van der Waals surface area (Å²) in [7, 11) is 1.61. The van der Waals surface area contributed by atoms with Crippen molar-refractivity contribution in [3.63, 3.8) is 0 Å². The number of methoxy groups -OCH3 is 1. The zero-order valence-electron chi connectivity index (χ0n) is 15.5. The summed E-state index contributed by atoms with van der Waals surface area (Å²) in [4.78, 5) is 23.0. The molecule has 0 radical (unpaired) electrons. The smallest absolute Gasteiger partial charge is 0.407 e. The van der Waals surface area contributed by atoms with E-state index in [1.54, 1.807) is 7.11 Å². The summed E-state index contributed by atoms with van der Waals surface area (Å²) in [5.41, 5.74) is 0.424. The summed E-state index contributed by atoms with van der Waals surface area (Å²) in [5, 5.41) is 2.96. The topological polar surface area (TPSA) is 76.6 Å². The molecule has 1 aliphatic heterocycles. The Kier molecular flexibility index (Phi) is 5.51. The number of hydrogen-bond donors (Lipinski definition) is 1. The molecule has 134 valence electrons. The first-order chi connectivity index (χ1) is 11.2. The minimum atomic E-state index is -0.494. The quantitative estimate of drug-likeness (QED) is 0.914. The van der Waals surface area contributed by atoms with Gasteiger partial charge in [-0.2, -0.15) is 4.98 Å². The molecule has 1 amide bonds. The van der Waals surface area contributed by atoms with Crippen LogP contribution in [-0.4, -0.2) is 47.9 Å². The Hall–Kier alpha value is -2.05. The van der Waals surface area contributed by atoms with Gasteiger partial charge in [-0.1, -0.05) is 0 Å². The summed E-state index contributed by atoms with van der Waals surface area (Å²) < 4.78 is 10.7. The highest BCUT2D eigenvalue weighted by Crippen LogP contribution is 2.27. The largest absolute Gasteiger partial charge is 0.481 e. The van der Waals surface area contributed by atoms with E-state index in [1.807, 2.05) is 34.6 Å². The van der Waals surface area contributed by atoms with Crippen molar-refractivity contribution in [2.45, 2.75) is 59.1 Å². The number of alkyl carbamates (subject to hydrolysis) is 1. The summed E-state index contributed by atoms with van der Waals surface area (Å²) in [6.07, 6.45) is 1.53. The van der Waals surface area contributed by atoms with Crippen molar-refractivity contribution >= 4 is 11.9 Å². The Morgan fingerprint density at radius 1 is 1.29 bits per heavy atom. The van der Waals surface area contributed by atoms with Crippen molar-refractivity contribution in [2.75, 3.05) is 25.1 Å². The Morgan fingerprint density at radius 2 is 2.00 bits per heavy atom. The third kappa shape index (κ3) is 4.72. The molecule has 0 aliphatic carbocycles. The fraction of sp³-hybridized carbons (Fsp3) is 0.706. The molecule has 1 aromatic rings. The Balaban J connectivity index is 2.08. The number of amides is 1. The standard InChI is InChI=1S/C17H28N4O3/c1-11-14(18-12(2)19-15(11)23-6)21-9-7-8-13(10-21)20-16(22)24-17(3,4)5/h13H,7-10H2,1-6H3,(H,20,22). The number of carbonyl (C=O) groups excluding carboxylic acids is 1. The van der Waals surface area contributed by atoms with E-state index in [2.05, 4.69) is 20.2 Å². The van der Waals surface area contributed by atoms with Crippen molar-refractivity contribution in [1.29, 1.82) is 0 Å². The second kappa shape index (κ2) is 7.23. The molecule has 0 bridgehead atoms. The van der Waals surface area contributed by atoms with Crippen LogP contribution in [0.1, 0.15) is 45.0 Å². The molecular weight excluding hydrogens is 308 g/mol. The molecule has 1 fully saturated rings. The van der Waals surface area contributed by atoms with Crippen LogP contribution in [0, 0.1) is 13.8 Å². The van der Waals surface area contributed by atoms with Gasteiger partial charge in [-0.15, -0.1) is 0 Å². The van der Waals surface area contributed by atoms with E-state index in [1.165, 1.54) is 0 Å². The molecule has 1 atom stereocenters. The summed E-state index contributed by atoms with van der Waals surface area (Å²) >= 11 is 0. The van der Waals surface area contributed by atoms with E-state index < -0.39 is 5.60 Å². The fourth-order valence-corrected chi connectivity index (χ4v) is 2.86. The van der Waals surface area contributed by atoms with Crippen LogP contribution in [-0.2, 0) is 4.74 Å². The molecule has 2 rings (SSSR count). The van der Waals surface area contributed by atoms with Crippen molar-refractivity contribution < 1.29 is 14.3 Å². The number of aryl methyl sites for hydroxylation is 1. The van der Waals surface area contributed by atoms with Crippen LogP contribution in [0.15, 0.2) is 0 Å². The lowest BCUT2D eigenvalue weighted by atomic mass is 10.1. The Bertz CT molecular complexity index is 598. The lowest BCUT2D eigenvalue weighted by Crippen LogP contribution is -2.49. The number of piperidine rings is 1. The average Bonchev–Trinajstić information content (AvgIpc) is 2.47. The molecule has 0 aromatic carbocycles. The first-order valence-corrected chi connectivity index (χ1v) is 8.33. The summed E-state index contributed by atoms with van der Waals surface area (Å²) in [5.74, 6) is 2.14. The van der Waals surface area contributed by atoms with E-state index in [0.29, 0.717) is 18.2 Å². The highest BCUT2D eigenvalue weighted by Gasteiger charge is 2.26. The number of nitrogens with zero attached hydrogens (tertiary/aromatic N) is 3. The third-order valence-electron chi connectivity index (χ3n) is 3.82. The van der Waals surface area contributed by atoms with Gasteiger partial charge in [0.1, 0.15) is 17.2 Å². The van der Waals surface area contributed by atoms with Crippen molar-refractivity contribution in [3.8, 4) is 5.88 Å². The summed E-state index contributed by atoms with van der Waals surface area (Å²) in [6.45, 7) is 11.0. The van der Waals surface area contributed by atoms with Gasteiger partial charge in [-0.05, 0) is 47.5 Å². The average molecular weight is 336 g/mol. The Morgan fingerprint density at radius 3 is 2.62 bits per heavy atom. The fourth-order valence-electron chi connectivity index (χ4n) is 2.86. The zero-order valence-corrected chi connectivity index (χ0v) is 15.5. The van der Waals surface area contributed by atoms with E-state index in [-0.39, 0.29) is 12.1 Å². The third-order valence-corrected chi connectivity index (χ3v) is 3.82. The normalized spacial score (nSPS) is 18.2. The second-order valence-electron chi connectivity index (χ2n) is 7.16. The van der Waals surface area contributed by atoms with Crippen LogP contribution in [0.2, 0.25) is 0 Å². The maximum absolute atomic E-state index is 12.0. The highest BCUT2D eigenvalue weighted by molar-refractivity contribution is 5.68. The molecule has 24 heavy (non-hydrogen) atoms. The van der Waals surface area contributed by atoms with Crippen LogP contribution in [0.5, 0.6) is 5.88 Å². The van der Waals surface area contributed by atoms with Crippen molar-refractivity contribution in [2.24, 2.45) is 0 Å². The van der Waals surface area contributed by atoms with Crippen LogP contribution < -0.4 is 15.0 Å². The van der Waals surface area contributed by atoms with Crippen LogP contribution in [0.25, 0.3) is 0 Å². The minimum absolute atomic E-state index is 0.0364. The molecular formula is C17H28N4O3. The molecule has 1 N–H and O–H groups in total. The maximum atomic E-state index is 12.0. The number of aromatic nitrogens is 2. The molecule has 1 aromatic heterocycles. The van der Waals surface area contributed by atoms with Gasteiger partial charge >= 0.3 is 6.09 Å². The predicted molar refractivity (Wildman–Crippen MR) is 92.7 cm³/mol. The zero-order chi connectivity index (χ0) is 17.9. The van der Waals surface area contributed by atoms with Gasteiger partial charge in [0.15, 0.2) is 0 Å². The molecule has 1 saturated heterocycles. The number of ether oxygens (including phenoxy) is 2. The van der Waals surface area contributed by atoms with Crippen molar-refractivity contribution in [1.82, 2.24) is 15.3 Å². The predicted octanol–water partition coefficient (Wildman–Crippen LogP) is 2.60. The van der Waals surface area contributed by atoms with E-state index >= 15 is 0 Å². The van der Waals surface area contributed by atoms with Crippen LogP contribution >= 0.6 is 0 Å². The van der Waals surface area contributed by atoms with Crippen LogP contribution in [0.3, 0.4) is 0 Å². The monoisotopic (exact) mass is 336 g/mol. The first kappa shape index (κ1) is 18.3. The Labute approximate surface area is 143 Å². The maximum Gasteiger partial charge on any atom is 0.407 e. The van der Waals surface area contributed by atoms with Gasteiger partial charge in [0.05, 0.1) is 12.7 Å². The van der Waals surface area contributed by atoms with E-state index in [4.69, 9.17) is 9.47 Å². The molecule has 0 saturated carbocycles. The minimum Gasteiger partial charge on any atom is -0.481 e. The molecule has 1 aliphatic rings. The first-order valence-electron chi connectivity index (χ1n) is 8.33. The molecule has 0 spiro atoms. The van der Waals surface area contributed by atoms with Gasteiger partial charge < -0.3 is 19.7 Å². The van der Waals surface area contributed by atoms with Gasteiger partial charge in [0.25, 0.3) is 0 Å². The lowest BCUT2D eigenvalue weighted by Gasteiger charge is -2.35. The number of hydrogen-bond acceptors (Lipinski definition) is 6. The molecule has 1 unspecified atom stereocenters. The molecule has 7 nitrogen and oxygen atoms in total. The highest BCUT2D eigenvalue weighted by atomic mass is 16.6. The van der Waals surface area contributed by atoms with Gasteiger partial charge in [-0.3, -0.25) is 0 Å². The second-order valence-corrected chi connectivity index (χ2v) is 7.16. The molecule has 7 heteroatoms. The molecule has 2 heterocycles.